The van der Waals surface area contributed by atoms with Crippen molar-refractivity contribution in [3.05, 3.63) is 64.4 Å². The molecular formula is C16H17ClFNO. The van der Waals surface area contributed by atoms with Gasteiger partial charge in [-0.15, -0.1) is 0 Å². The van der Waals surface area contributed by atoms with Crippen LogP contribution < -0.4 is 4.90 Å². The van der Waals surface area contributed by atoms with E-state index in [1.807, 2.05) is 24.3 Å². The van der Waals surface area contributed by atoms with Crippen molar-refractivity contribution < 1.29 is 9.50 Å². The van der Waals surface area contributed by atoms with E-state index in [1.54, 1.807) is 31.0 Å². The lowest BCUT2D eigenvalue weighted by atomic mass is 10.1. The van der Waals surface area contributed by atoms with Crippen molar-refractivity contribution >= 4 is 17.3 Å². The van der Waals surface area contributed by atoms with Crippen LogP contribution in [-0.2, 0) is 6.54 Å². The Hall–Kier alpha value is -1.58. The third-order valence-corrected chi connectivity index (χ3v) is 3.58. The average Bonchev–Trinajstić information content (AvgIpc) is 2.40. The van der Waals surface area contributed by atoms with Crippen LogP contribution in [0.2, 0.25) is 5.02 Å². The third kappa shape index (κ3) is 3.11. The number of rotatable bonds is 4. The monoisotopic (exact) mass is 293 g/mol. The largest absolute Gasteiger partial charge is 0.389 e. The average molecular weight is 294 g/mol. The number of hydrogen-bond donors (Lipinski definition) is 1. The molecule has 0 spiro atoms. The summed E-state index contributed by atoms with van der Waals surface area (Å²) >= 11 is 6.13. The highest BCUT2D eigenvalue weighted by atomic mass is 35.5. The van der Waals surface area contributed by atoms with Gasteiger partial charge in [0.1, 0.15) is 5.82 Å². The van der Waals surface area contributed by atoms with Crippen LogP contribution in [-0.4, -0.2) is 12.2 Å². The lowest BCUT2D eigenvalue weighted by molar-refractivity contribution is 0.199. The maximum Gasteiger partial charge on any atom is 0.146 e. The van der Waals surface area contributed by atoms with Gasteiger partial charge in [-0.25, -0.2) is 4.39 Å². The van der Waals surface area contributed by atoms with E-state index in [0.29, 0.717) is 22.8 Å². The van der Waals surface area contributed by atoms with E-state index in [0.717, 1.165) is 5.56 Å². The van der Waals surface area contributed by atoms with Crippen LogP contribution >= 0.6 is 11.6 Å². The minimum atomic E-state index is -0.727. The fourth-order valence-electron chi connectivity index (χ4n) is 2.23. The zero-order chi connectivity index (χ0) is 14.7. The predicted molar refractivity (Wildman–Crippen MR) is 80.6 cm³/mol. The van der Waals surface area contributed by atoms with E-state index in [4.69, 9.17) is 11.6 Å². The molecule has 1 N–H and O–H groups in total. The molecule has 20 heavy (non-hydrogen) atoms. The van der Waals surface area contributed by atoms with Crippen molar-refractivity contribution in [3.63, 3.8) is 0 Å². The number of benzene rings is 2. The molecule has 0 aromatic heterocycles. The Bertz CT molecular complexity index is 601. The number of para-hydroxylation sites is 1. The molecule has 106 valence electrons. The van der Waals surface area contributed by atoms with Crippen LogP contribution in [0.4, 0.5) is 10.1 Å². The van der Waals surface area contributed by atoms with Crippen LogP contribution in [0.25, 0.3) is 0 Å². The second-order valence-corrected chi connectivity index (χ2v) is 5.21. The van der Waals surface area contributed by atoms with E-state index in [1.165, 1.54) is 6.07 Å². The molecule has 0 unspecified atom stereocenters. The van der Waals surface area contributed by atoms with Crippen molar-refractivity contribution in [2.75, 3.05) is 11.9 Å². The number of nitrogens with zero attached hydrogens (tertiary/aromatic N) is 1. The van der Waals surface area contributed by atoms with Gasteiger partial charge in [-0.1, -0.05) is 41.9 Å². The molecule has 0 aliphatic heterocycles. The number of aliphatic hydroxyl groups excluding tert-OH is 1. The molecule has 0 fully saturated rings. The molecule has 2 aromatic rings. The summed E-state index contributed by atoms with van der Waals surface area (Å²) in [5.74, 6) is -0.349. The number of halogens is 2. The summed E-state index contributed by atoms with van der Waals surface area (Å²) in [5, 5.41) is 10.4. The minimum absolute atomic E-state index is 0.349. The highest BCUT2D eigenvalue weighted by molar-refractivity contribution is 6.31. The maximum atomic E-state index is 14.1. The predicted octanol–water partition coefficient (Wildman–Crippen LogP) is 4.17. The minimum Gasteiger partial charge on any atom is -0.389 e. The van der Waals surface area contributed by atoms with Crippen molar-refractivity contribution in [1.29, 1.82) is 0 Å². The molecule has 2 aromatic carbocycles. The molecule has 0 saturated carbocycles. The first kappa shape index (κ1) is 14.8. The van der Waals surface area contributed by atoms with Crippen molar-refractivity contribution in [2.45, 2.75) is 19.6 Å². The summed E-state index contributed by atoms with van der Waals surface area (Å²) in [4.78, 5) is 1.76. The Morgan fingerprint density at radius 1 is 1.20 bits per heavy atom. The lowest BCUT2D eigenvalue weighted by Gasteiger charge is -2.24. The van der Waals surface area contributed by atoms with E-state index >= 15 is 0 Å². The normalized spacial score (nSPS) is 12.2. The molecule has 2 nitrogen and oxygen atoms in total. The highest BCUT2D eigenvalue weighted by Crippen LogP contribution is 2.30. The van der Waals surface area contributed by atoms with Gasteiger partial charge < -0.3 is 10.0 Å². The summed E-state index contributed by atoms with van der Waals surface area (Å²) in [6.45, 7) is 2.10. The van der Waals surface area contributed by atoms with Crippen LogP contribution in [0.15, 0.2) is 42.5 Å². The van der Waals surface area contributed by atoms with Crippen LogP contribution in [0.3, 0.4) is 0 Å². The van der Waals surface area contributed by atoms with Gasteiger partial charge in [0.25, 0.3) is 0 Å². The molecule has 0 aliphatic rings. The maximum absolute atomic E-state index is 14.1. The topological polar surface area (TPSA) is 23.5 Å². The molecule has 1 atom stereocenters. The molecule has 0 aliphatic carbocycles. The molecule has 0 amide bonds. The summed E-state index contributed by atoms with van der Waals surface area (Å²) in [5.41, 5.74) is 1.89. The second-order valence-electron chi connectivity index (χ2n) is 4.80. The summed E-state index contributed by atoms with van der Waals surface area (Å²) in [7, 11) is 1.79. The van der Waals surface area contributed by atoms with Crippen LogP contribution in [0, 0.1) is 5.82 Å². The van der Waals surface area contributed by atoms with Gasteiger partial charge in [-0.2, -0.15) is 0 Å². The molecule has 0 saturated heterocycles. The van der Waals surface area contributed by atoms with E-state index in [-0.39, 0.29) is 5.82 Å². The Kier molecular flexibility index (Phi) is 4.63. The smallest absolute Gasteiger partial charge is 0.146 e. The van der Waals surface area contributed by atoms with Crippen molar-refractivity contribution in [3.8, 4) is 0 Å². The SMILES string of the molecule is C[C@H](O)c1cccc(F)c1N(C)Cc1ccccc1Cl. The third-order valence-electron chi connectivity index (χ3n) is 3.22. The van der Waals surface area contributed by atoms with Gasteiger partial charge in [-0.05, 0) is 24.6 Å². The molecule has 2 rings (SSSR count). The highest BCUT2D eigenvalue weighted by Gasteiger charge is 2.16. The van der Waals surface area contributed by atoms with Gasteiger partial charge in [0.2, 0.25) is 0 Å². The first-order chi connectivity index (χ1) is 9.50. The summed E-state index contributed by atoms with van der Waals surface area (Å²) in [6, 6.07) is 12.2. The Morgan fingerprint density at radius 3 is 2.55 bits per heavy atom. The zero-order valence-electron chi connectivity index (χ0n) is 11.5. The first-order valence-electron chi connectivity index (χ1n) is 6.41. The second kappa shape index (κ2) is 6.25. The first-order valence-corrected chi connectivity index (χ1v) is 6.79. The molecule has 0 heterocycles. The fraction of sp³-hybridized carbons (Fsp3) is 0.250. The van der Waals surface area contributed by atoms with Crippen molar-refractivity contribution in [1.82, 2.24) is 0 Å². The van der Waals surface area contributed by atoms with Crippen molar-refractivity contribution in [2.24, 2.45) is 0 Å². The Morgan fingerprint density at radius 2 is 1.90 bits per heavy atom. The summed E-state index contributed by atoms with van der Waals surface area (Å²) in [6.07, 6.45) is -0.727. The van der Waals surface area contributed by atoms with Gasteiger partial charge in [0.05, 0.1) is 11.8 Å². The molecule has 0 bridgehead atoms. The van der Waals surface area contributed by atoms with Gasteiger partial charge in [0, 0.05) is 24.2 Å². The Balaban J connectivity index is 2.34. The Labute approximate surface area is 123 Å². The number of anilines is 1. The molecule has 4 heteroatoms. The standard InChI is InChI=1S/C16H17ClFNO/c1-11(20)13-7-5-9-15(18)16(13)19(2)10-12-6-3-4-8-14(12)17/h3-9,11,20H,10H2,1-2H3/t11-/m0/s1. The summed E-state index contributed by atoms with van der Waals surface area (Å²) < 4.78 is 14.1. The quantitative estimate of drug-likeness (QED) is 0.914. The molecular weight excluding hydrogens is 277 g/mol. The number of aliphatic hydroxyl groups is 1. The van der Waals surface area contributed by atoms with E-state index in [2.05, 4.69) is 0 Å². The fourth-order valence-corrected chi connectivity index (χ4v) is 2.43. The van der Waals surface area contributed by atoms with Gasteiger partial charge in [0.15, 0.2) is 0 Å². The van der Waals surface area contributed by atoms with Gasteiger partial charge in [-0.3, -0.25) is 0 Å². The van der Waals surface area contributed by atoms with E-state index in [9.17, 15) is 9.50 Å². The van der Waals surface area contributed by atoms with Gasteiger partial charge >= 0.3 is 0 Å². The van der Waals surface area contributed by atoms with E-state index < -0.39 is 6.10 Å². The van der Waals surface area contributed by atoms with Crippen LogP contribution in [0.5, 0.6) is 0 Å². The number of hydrogen-bond acceptors (Lipinski definition) is 2. The van der Waals surface area contributed by atoms with Crippen LogP contribution in [0.1, 0.15) is 24.2 Å². The lowest BCUT2D eigenvalue weighted by Crippen LogP contribution is -2.20. The molecule has 0 radical (unpaired) electrons. The zero-order valence-corrected chi connectivity index (χ0v) is 12.2.